The molecule has 1 aliphatic heterocycles. The topological polar surface area (TPSA) is 59.0 Å². The van der Waals surface area contributed by atoms with Crippen LogP contribution in [-0.4, -0.2) is 17.6 Å². The van der Waals surface area contributed by atoms with Crippen molar-refractivity contribution in [2.75, 3.05) is 6.54 Å². The maximum atomic E-state index is 11.8. The lowest BCUT2D eigenvalue weighted by atomic mass is 9.86. The van der Waals surface area contributed by atoms with Crippen molar-refractivity contribution in [2.24, 2.45) is 5.29 Å². The molecule has 0 atom stereocenters. The minimum absolute atomic E-state index is 0.0728. The van der Waals surface area contributed by atoms with Crippen molar-refractivity contribution >= 4 is 6.09 Å². The van der Waals surface area contributed by atoms with Gasteiger partial charge < -0.3 is 4.74 Å². The zero-order chi connectivity index (χ0) is 14.0. The molecule has 1 amide bonds. The molecule has 1 aliphatic rings. The number of hydrogen-bond acceptors (Lipinski definition) is 4. The predicted molar refractivity (Wildman–Crippen MR) is 72.6 cm³/mol. The molecule has 20 heavy (non-hydrogen) atoms. The lowest BCUT2D eigenvalue weighted by Crippen LogP contribution is -2.31. The number of benzene rings is 2. The minimum Gasteiger partial charge on any atom is -0.430 e. The molecule has 5 nitrogen and oxygen atoms in total. The van der Waals surface area contributed by atoms with Gasteiger partial charge in [-0.25, -0.2) is 4.79 Å². The Bertz CT molecular complexity index is 589. The van der Waals surface area contributed by atoms with Crippen molar-refractivity contribution in [3.05, 3.63) is 76.7 Å². The van der Waals surface area contributed by atoms with Crippen LogP contribution in [0.4, 0.5) is 4.79 Å². The fourth-order valence-corrected chi connectivity index (χ4v) is 2.45. The number of amides is 1. The summed E-state index contributed by atoms with van der Waals surface area (Å²) < 4.78 is 5.52. The van der Waals surface area contributed by atoms with Gasteiger partial charge in [0.25, 0.3) is 0 Å². The molecular formula is C15H12N2O3. The number of nitroso groups, excluding NO2 is 1. The number of nitrogens with zero attached hydrogens (tertiary/aromatic N) is 2. The second-order valence-electron chi connectivity index (χ2n) is 4.57. The van der Waals surface area contributed by atoms with Gasteiger partial charge in [0.2, 0.25) is 0 Å². The Hall–Kier alpha value is -2.69. The SMILES string of the molecule is O=NN1CC(c2ccccc2)(c2ccccc2)OC1=O. The first-order chi connectivity index (χ1) is 9.76. The van der Waals surface area contributed by atoms with E-state index in [9.17, 15) is 9.70 Å². The quantitative estimate of drug-likeness (QED) is 0.804. The number of cyclic esters (lactones) is 1. The van der Waals surface area contributed by atoms with Crippen LogP contribution >= 0.6 is 0 Å². The van der Waals surface area contributed by atoms with Crippen molar-refractivity contribution in [1.29, 1.82) is 0 Å². The summed E-state index contributed by atoms with van der Waals surface area (Å²) >= 11 is 0. The van der Waals surface area contributed by atoms with E-state index in [4.69, 9.17) is 4.74 Å². The van der Waals surface area contributed by atoms with Crippen molar-refractivity contribution < 1.29 is 9.53 Å². The molecule has 2 aromatic rings. The highest BCUT2D eigenvalue weighted by Crippen LogP contribution is 2.39. The third kappa shape index (κ3) is 1.84. The van der Waals surface area contributed by atoms with Crippen molar-refractivity contribution in [3.8, 4) is 0 Å². The number of rotatable bonds is 3. The summed E-state index contributed by atoms with van der Waals surface area (Å²) in [6, 6.07) is 18.7. The molecule has 0 radical (unpaired) electrons. The summed E-state index contributed by atoms with van der Waals surface area (Å²) in [4.78, 5) is 22.5. The fourth-order valence-electron chi connectivity index (χ4n) is 2.45. The average Bonchev–Trinajstić information content (AvgIpc) is 2.87. The van der Waals surface area contributed by atoms with Gasteiger partial charge in [-0.05, 0) is 0 Å². The Morgan fingerprint density at radius 1 is 0.950 bits per heavy atom. The Kier molecular flexibility index (Phi) is 2.95. The van der Waals surface area contributed by atoms with E-state index in [1.165, 1.54) is 0 Å². The molecule has 1 heterocycles. The second-order valence-corrected chi connectivity index (χ2v) is 4.57. The summed E-state index contributed by atoms with van der Waals surface area (Å²) in [7, 11) is 0. The first-order valence-corrected chi connectivity index (χ1v) is 6.21. The molecule has 0 N–H and O–H groups in total. The molecule has 0 aromatic heterocycles. The maximum absolute atomic E-state index is 11.8. The van der Waals surface area contributed by atoms with Gasteiger partial charge in [-0.15, -0.1) is 4.91 Å². The first kappa shape index (κ1) is 12.3. The van der Waals surface area contributed by atoms with Gasteiger partial charge in [0.05, 0.1) is 11.8 Å². The largest absolute Gasteiger partial charge is 0.434 e. The van der Waals surface area contributed by atoms with Gasteiger partial charge in [0.1, 0.15) is 0 Å². The minimum atomic E-state index is -0.993. The lowest BCUT2D eigenvalue weighted by molar-refractivity contribution is 0.0859. The van der Waals surface area contributed by atoms with Gasteiger partial charge in [-0.2, -0.15) is 5.01 Å². The third-order valence-electron chi connectivity index (χ3n) is 3.42. The Morgan fingerprint density at radius 2 is 1.45 bits per heavy atom. The van der Waals surface area contributed by atoms with Crippen LogP contribution in [0.5, 0.6) is 0 Å². The number of ether oxygens (including phenoxy) is 1. The van der Waals surface area contributed by atoms with E-state index < -0.39 is 11.7 Å². The molecule has 2 aromatic carbocycles. The van der Waals surface area contributed by atoms with Gasteiger partial charge in [-0.1, -0.05) is 60.7 Å². The molecule has 0 spiro atoms. The summed E-state index contributed by atoms with van der Waals surface area (Å²) in [6.07, 6.45) is -0.729. The Morgan fingerprint density at radius 3 is 1.85 bits per heavy atom. The third-order valence-corrected chi connectivity index (χ3v) is 3.42. The van der Waals surface area contributed by atoms with E-state index in [-0.39, 0.29) is 6.54 Å². The van der Waals surface area contributed by atoms with Crippen LogP contribution in [0.3, 0.4) is 0 Å². The normalized spacial score (nSPS) is 16.8. The average molecular weight is 268 g/mol. The van der Waals surface area contributed by atoms with Gasteiger partial charge >= 0.3 is 6.09 Å². The number of carbonyl (C=O) groups is 1. The van der Waals surface area contributed by atoms with Crippen LogP contribution in [0.2, 0.25) is 0 Å². The molecule has 0 aliphatic carbocycles. The van der Waals surface area contributed by atoms with Crippen LogP contribution in [0.1, 0.15) is 11.1 Å². The maximum Gasteiger partial charge on any atom is 0.434 e. The molecule has 0 unspecified atom stereocenters. The second kappa shape index (κ2) is 4.77. The van der Waals surface area contributed by atoms with E-state index in [1.54, 1.807) is 0 Å². The van der Waals surface area contributed by atoms with Crippen LogP contribution in [0, 0.1) is 4.91 Å². The van der Waals surface area contributed by atoms with Gasteiger partial charge in [0, 0.05) is 11.1 Å². The summed E-state index contributed by atoms with van der Waals surface area (Å²) in [5.74, 6) is 0. The predicted octanol–water partition coefficient (Wildman–Crippen LogP) is 3.06. The molecule has 3 rings (SSSR count). The molecule has 0 bridgehead atoms. The highest BCUT2D eigenvalue weighted by atomic mass is 16.6. The van der Waals surface area contributed by atoms with Crippen LogP contribution in [0.25, 0.3) is 0 Å². The van der Waals surface area contributed by atoms with Crippen molar-refractivity contribution in [3.63, 3.8) is 0 Å². The van der Waals surface area contributed by atoms with Crippen LogP contribution in [-0.2, 0) is 10.3 Å². The van der Waals surface area contributed by atoms with Crippen molar-refractivity contribution in [2.45, 2.75) is 5.60 Å². The summed E-state index contributed by atoms with van der Waals surface area (Å²) in [6.45, 7) is 0.0728. The molecule has 5 heteroatoms. The van der Waals surface area contributed by atoms with Crippen LogP contribution < -0.4 is 0 Å². The molecule has 1 fully saturated rings. The Labute approximate surface area is 115 Å². The standard InChI is InChI=1S/C15H12N2O3/c18-14-17(16-19)11-15(20-14,12-7-3-1-4-8-12)13-9-5-2-6-10-13/h1-10H,11H2. The van der Waals surface area contributed by atoms with Crippen LogP contribution in [0.15, 0.2) is 65.9 Å². The van der Waals surface area contributed by atoms with Crippen molar-refractivity contribution in [1.82, 2.24) is 5.01 Å². The van der Waals surface area contributed by atoms with Gasteiger partial charge in [-0.3, -0.25) is 0 Å². The summed E-state index contributed by atoms with van der Waals surface area (Å²) in [5.41, 5.74) is 0.629. The molecule has 100 valence electrons. The molecule has 1 saturated heterocycles. The monoisotopic (exact) mass is 268 g/mol. The highest BCUT2D eigenvalue weighted by molar-refractivity contribution is 5.72. The zero-order valence-electron chi connectivity index (χ0n) is 10.6. The zero-order valence-corrected chi connectivity index (χ0v) is 10.6. The smallest absolute Gasteiger partial charge is 0.430 e. The van der Waals surface area contributed by atoms with E-state index in [0.29, 0.717) is 0 Å². The van der Waals surface area contributed by atoms with E-state index in [0.717, 1.165) is 16.1 Å². The number of carbonyl (C=O) groups excluding carboxylic acids is 1. The fraction of sp³-hybridized carbons (Fsp3) is 0.133. The summed E-state index contributed by atoms with van der Waals surface area (Å²) in [5, 5.41) is 3.53. The Balaban J connectivity index is 2.15. The number of hydrogen-bond donors (Lipinski definition) is 0. The molecule has 0 saturated carbocycles. The van der Waals surface area contributed by atoms with E-state index in [2.05, 4.69) is 5.29 Å². The van der Waals surface area contributed by atoms with E-state index >= 15 is 0 Å². The highest BCUT2D eigenvalue weighted by Gasteiger charge is 2.49. The first-order valence-electron chi connectivity index (χ1n) is 6.21. The molecular weight excluding hydrogens is 256 g/mol. The lowest BCUT2D eigenvalue weighted by Gasteiger charge is -2.27. The van der Waals surface area contributed by atoms with E-state index in [1.807, 2.05) is 60.7 Å². The van der Waals surface area contributed by atoms with Gasteiger partial charge in [0.15, 0.2) is 5.60 Å².